The first kappa shape index (κ1) is 11.8. The van der Waals surface area contributed by atoms with Gasteiger partial charge in [0.2, 0.25) is 0 Å². The second kappa shape index (κ2) is 3.72. The van der Waals surface area contributed by atoms with E-state index < -0.39 is 12.2 Å². The highest BCUT2D eigenvalue weighted by atomic mass is 19.4. The summed E-state index contributed by atoms with van der Waals surface area (Å²) < 4.78 is 37.3. The maximum atomic E-state index is 12.4. The summed E-state index contributed by atoms with van der Waals surface area (Å²) >= 11 is 0. The molecule has 1 heterocycles. The van der Waals surface area contributed by atoms with Crippen LogP contribution in [0.2, 0.25) is 0 Å². The van der Waals surface area contributed by atoms with Crippen molar-refractivity contribution in [3.05, 3.63) is 0 Å². The van der Waals surface area contributed by atoms with Crippen LogP contribution < -0.4 is 5.32 Å². The van der Waals surface area contributed by atoms with Crippen LogP contribution in [0.15, 0.2) is 0 Å². The molecular weight excluding hydrogens is 191 g/mol. The van der Waals surface area contributed by atoms with E-state index in [1.165, 1.54) is 0 Å². The van der Waals surface area contributed by atoms with E-state index in [9.17, 15) is 13.2 Å². The molecule has 0 aromatic heterocycles. The molecule has 1 N–H and O–H groups in total. The van der Waals surface area contributed by atoms with Crippen molar-refractivity contribution >= 4 is 0 Å². The Balaban J connectivity index is 2.61. The molecule has 1 saturated heterocycles. The SMILES string of the molecule is CC(C)(C)C1CCCC(C(F)(F)F)N1. The highest BCUT2D eigenvalue weighted by Crippen LogP contribution is 2.33. The molecule has 1 fully saturated rings. The minimum Gasteiger partial charge on any atom is -0.303 e. The van der Waals surface area contributed by atoms with Gasteiger partial charge in [-0.15, -0.1) is 0 Å². The summed E-state index contributed by atoms with van der Waals surface area (Å²) in [6.07, 6.45) is -2.37. The molecule has 1 aliphatic rings. The van der Waals surface area contributed by atoms with Crippen molar-refractivity contribution in [3.63, 3.8) is 0 Å². The first-order chi connectivity index (χ1) is 6.21. The van der Waals surface area contributed by atoms with Gasteiger partial charge in [-0.1, -0.05) is 20.8 Å². The van der Waals surface area contributed by atoms with Crippen LogP contribution in [-0.4, -0.2) is 18.3 Å². The van der Waals surface area contributed by atoms with Crippen molar-refractivity contribution in [3.8, 4) is 0 Å². The Bertz CT molecular complexity index is 173. The molecule has 0 aromatic rings. The van der Waals surface area contributed by atoms with Crippen molar-refractivity contribution in [2.45, 2.75) is 58.3 Å². The lowest BCUT2D eigenvalue weighted by atomic mass is 9.80. The summed E-state index contributed by atoms with van der Waals surface area (Å²) in [5, 5.41) is 2.71. The van der Waals surface area contributed by atoms with E-state index in [2.05, 4.69) is 5.32 Å². The van der Waals surface area contributed by atoms with Crippen LogP contribution >= 0.6 is 0 Å². The van der Waals surface area contributed by atoms with Gasteiger partial charge < -0.3 is 5.32 Å². The molecule has 0 saturated carbocycles. The molecular formula is C10H18F3N. The van der Waals surface area contributed by atoms with Gasteiger partial charge in [-0.2, -0.15) is 13.2 Å². The number of piperidine rings is 1. The fourth-order valence-electron chi connectivity index (χ4n) is 1.88. The molecule has 0 aromatic carbocycles. The van der Waals surface area contributed by atoms with E-state index >= 15 is 0 Å². The number of hydrogen-bond donors (Lipinski definition) is 1. The summed E-state index contributed by atoms with van der Waals surface area (Å²) in [7, 11) is 0. The number of hydrogen-bond acceptors (Lipinski definition) is 1. The van der Waals surface area contributed by atoms with Gasteiger partial charge in [-0.3, -0.25) is 0 Å². The van der Waals surface area contributed by atoms with Crippen LogP contribution in [0.25, 0.3) is 0 Å². The Morgan fingerprint density at radius 1 is 1.00 bits per heavy atom. The molecule has 1 nitrogen and oxygen atoms in total. The zero-order chi connectivity index (χ0) is 11.0. The van der Waals surface area contributed by atoms with Crippen LogP contribution in [0.1, 0.15) is 40.0 Å². The second-order valence-corrected chi connectivity index (χ2v) is 5.11. The lowest BCUT2D eigenvalue weighted by Gasteiger charge is -2.39. The molecule has 0 bridgehead atoms. The number of halogens is 3. The van der Waals surface area contributed by atoms with Gasteiger partial charge >= 0.3 is 6.18 Å². The highest BCUT2D eigenvalue weighted by Gasteiger charge is 2.43. The van der Waals surface area contributed by atoms with Gasteiger partial charge in [-0.25, -0.2) is 0 Å². The van der Waals surface area contributed by atoms with E-state index in [1.807, 2.05) is 20.8 Å². The molecule has 2 atom stereocenters. The minimum absolute atomic E-state index is 0.0251. The Labute approximate surface area is 83.1 Å². The van der Waals surface area contributed by atoms with Gasteiger partial charge in [0, 0.05) is 6.04 Å². The molecule has 84 valence electrons. The predicted molar refractivity (Wildman–Crippen MR) is 50.1 cm³/mol. The average Bonchev–Trinajstić information content (AvgIpc) is 2.01. The highest BCUT2D eigenvalue weighted by molar-refractivity contribution is 4.90. The summed E-state index contributed by atoms with van der Waals surface area (Å²) in [5.74, 6) is 0. The monoisotopic (exact) mass is 209 g/mol. The molecule has 0 radical (unpaired) electrons. The molecule has 1 aliphatic heterocycles. The lowest BCUT2D eigenvalue weighted by Crippen LogP contribution is -2.54. The van der Waals surface area contributed by atoms with E-state index in [1.54, 1.807) is 0 Å². The smallest absolute Gasteiger partial charge is 0.303 e. The standard InChI is InChI=1S/C10H18F3N/c1-9(2,3)7-5-4-6-8(14-7)10(11,12)13/h7-8,14H,4-6H2,1-3H3. The first-order valence-electron chi connectivity index (χ1n) is 5.04. The van der Waals surface area contributed by atoms with Crippen LogP contribution in [0, 0.1) is 5.41 Å². The van der Waals surface area contributed by atoms with Crippen LogP contribution in [0.4, 0.5) is 13.2 Å². The van der Waals surface area contributed by atoms with Crippen molar-refractivity contribution in [1.82, 2.24) is 5.32 Å². The second-order valence-electron chi connectivity index (χ2n) is 5.11. The quantitative estimate of drug-likeness (QED) is 0.646. The molecule has 1 rings (SSSR count). The Morgan fingerprint density at radius 2 is 1.50 bits per heavy atom. The molecule has 14 heavy (non-hydrogen) atoms. The van der Waals surface area contributed by atoms with Crippen molar-refractivity contribution < 1.29 is 13.2 Å². The number of nitrogens with one attached hydrogen (secondary N) is 1. The van der Waals surface area contributed by atoms with Crippen molar-refractivity contribution in [2.75, 3.05) is 0 Å². The van der Waals surface area contributed by atoms with E-state index in [0.717, 1.165) is 6.42 Å². The zero-order valence-electron chi connectivity index (χ0n) is 8.91. The van der Waals surface area contributed by atoms with Crippen molar-refractivity contribution in [2.24, 2.45) is 5.41 Å². The normalized spacial score (nSPS) is 30.4. The number of alkyl halides is 3. The average molecular weight is 209 g/mol. The first-order valence-corrected chi connectivity index (χ1v) is 5.04. The maximum absolute atomic E-state index is 12.4. The predicted octanol–water partition coefficient (Wildman–Crippen LogP) is 3.11. The molecule has 4 heteroatoms. The fraction of sp³-hybridized carbons (Fsp3) is 1.00. The van der Waals surface area contributed by atoms with Gasteiger partial charge in [0.15, 0.2) is 0 Å². The molecule has 0 spiro atoms. The van der Waals surface area contributed by atoms with Gasteiger partial charge in [0.25, 0.3) is 0 Å². The van der Waals surface area contributed by atoms with Gasteiger partial charge in [0.1, 0.15) is 6.04 Å². The molecule has 0 aliphatic carbocycles. The molecule has 2 unspecified atom stereocenters. The van der Waals surface area contributed by atoms with E-state index in [4.69, 9.17) is 0 Å². The third-order valence-corrected chi connectivity index (χ3v) is 2.83. The van der Waals surface area contributed by atoms with Gasteiger partial charge in [0.05, 0.1) is 0 Å². The maximum Gasteiger partial charge on any atom is 0.403 e. The van der Waals surface area contributed by atoms with Crippen LogP contribution in [-0.2, 0) is 0 Å². The largest absolute Gasteiger partial charge is 0.403 e. The third-order valence-electron chi connectivity index (χ3n) is 2.83. The Hall–Kier alpha value is -0.250. The van der Waals surface area contributed by atoms with E-state index in [0.29, 0.717) is 6.42 Å². The number of rotatable bonds is 0. The third kappa shape index (κ3) is 2.87. The van der Waals surface area contributed by atoms with Crippen molar-refractivity contribution in [1.29, 1.82) is 0 Å². The summed E-state index contributed by atoms with van der Waals surface area (Å²) in [4.78, 5) is 0. The van der Waals surface area contributed by atoms with Gasteiger partial charge in [-0.05, 0) is 24.7 Å². The van der Waals surface area contributed by atoms with E-state index in [-0.39, 0.29) is 17.9 Å². The topological polar surface area (TPSA) is 12.0 Å². The summed E-state index contributed by atoms with van der Waals surface area (Å²) in [6, 6.07) is -1.33. The van der Waals surface area contributed by atoms with Crippen LogP contribution in [0.3, 0.4) is 0 Å². The minimum atomic E-state index is -4.09. The molecule has 0 amide bonds. The summed E-state index contributed by atoms with van der Waals surface area (Å²) in [6.45, 7) is 5.93. The zero-order valence-corrected chi connectivity index (χ0v) is 8.91. The Morgan fingerprint density at radius 3 is 1.93 bits per heavy atom. The lowest BCUT2D eigenvalue weighted by molar-refractivity contribution is -0.165. The summed E-state index contributed by atoms with van der Waals surface area (Å²) in [5.41, 5.74) is -0.0933. The Kier molecular flexibility index (Phi) is 3.14. The van der Waals surface area contributed by atoms with Crippen LogP contribution in [0.5, 0.6) is 0 Å². The fourth-order valence-corrected chi connectivity index (χ4v) is 1.88.